The first kappa shape index (κ1) is 16.5. The van der Waals surface area contributed by atoms with E-state index in [0.717, 1.165) is 12.1 Å². The fourth-order valence-electron chi connectivity index (χ4n) is 1.62. The average molecular weight is 292 g/mol. The maximum Gasteiger partial charge on any atom is 0.405 e. The summed E-state index contributed by atoms with van der Waals surface area (Å²) in [6.07, 6.45) is -0.868. The van der Waals surface area contributed by atoms with Gasteiger partial charge < -0.3 is 5.32 Å². The third-order valence-electron chi connectivity index (χ3n) is 2.95. The first-order chi connectivity index (χ1) is 9.23. The molecule has 0 bridgehead atoms. The van der Waals surface area contributed by atoms with Crippen molar-refractivity contribution in [3.63, 3.8) is 0 Å². The quantitative estimate of drug-likeness (QED) is 0.862. The Morgan fingerprint density at radius 2 is 2.20 bits per heavy atom. The van der Waals surface area contributed by atoms with Crippen molar-refractivity contribution in [1.29, 1.82) is 0 Å². The van der Waals surface area contributed by atoms with E-state index in [0.29, 0.717) is 6.54 Å². The number of likely N-dealkylation sites (N-methyl/N-ethyl adjacent to an activating group) is 1. The Labute approximate surface area is 115 Å². The van der Waals surface area contributed by atoms with E-state index in [1.807, 2.05) is 18.4 Å². The molecule has 1 rings (SSSR count). The van der Waals surface area contributed by atoms with E-state index in [9.17, 15) is 18.0 Å². The Bertz CT molecular complexity index is 444. The zero-order valence-corrected chi connectivity index (χ0v) is 11.7. The Kier molecular flexibility index (Phi) is 5.55. The maximum atomic E-state index is 12.0. The van der Waals surface area contributed by atoms with Crippen LogP contribution >= 0.6 is 0 Å². The molecule has 8 heteroatoms. The van der Waals surface area contributed by atoms with Gasteiger partial charge in [-0.05, 0) is 20.9 Å². The van der Waals surface area contributed by atoms with Crippen molar-refractivity contribution in [1.82, 2.24) is 20.0 Å². The molecule has 114 valence electrons. The SMILES string of the molecule is CCn1cc(CN(C)C(C)C(=O)NCC(F)(F)F)cn1. The fourth-order valence-corrected chi connectivity index (χ4v) is 1.62. The average Bonchev–Trinajstić information content (AvgIpc) is 2.81. The van der Waals surface area contributed by atoms with Crippen LogP contribution in [0.5, 0.6) is 0 Å². The number of amides is 1. The number of halogens is 3. The highest BCUT2D eigenvalue weighted by molar-refractivity contribution is 5.81. The molecular weight excluding hydrogens is 273 g/mol. The third kappa shape index (κ3) is 5.20. The van der Waals surface area contributed by atoms with E-state index in [-0.39, 0.29) is 0 Å². The standard InChI is InChI=1S/C12H19F3N4O/c1-4-19-7-10(5-17-19)6-18(3)9(2)11(20)16-8-12(13,14)15/h5,7,9H,4,6,8H2,1-3H3,(H,16,20). The summed E-state index contributed by atoms with van der Waals surface area (Å²) in [5, 5.41) is 5.98. The molecule has 0 aliphatic rings. The van der Waals surface area contributed by atoms with E-state index in [1.165, 1.54) is 0 Å². The number of carbonyl (C=O) groups excluding carboxylic acids is 1. The second-order valence-electron chi connectivity index (χ2n) is 4.63. The molecule has 1 N–H and O–H groups in total. The zero-order chi connectivity index (χ0) is 15.3. The number of nitrogens with one attached hydrogen (secondary N) is 1. The number of rotatable bonds is 6. The predicted octanol–water partition coefficient (Wildman–Crippen LogP) is 1.40. The molecule has 1 heterocycles. The van der Waals surface area contributed by atoms with Gasteiger partial charge in [0.2, 0.25) is 5.91 Å². The van der Waals surface area contributed by atoms with E-state index >= 15 is 0 Å². The second kappa shape index (κ2) is 6.74. The summed E-state index contributed by atoms with van der Waals surface area (Å²) in [6, 6.07) is -0.651. The van der Waals surface area contributed by atoms with Crippen molar-refractivity contribution < 1.29 is 18.0 Å². The van der Waals surface area contributed by atoms with Crippen molar-refractivity contribution in [2.45, 2.75) is 39.2 Å². The number of aryl methyl sites for hydroxylation is 1. The molecule has 5 nitrogen and oxygen atoms in total. The normalized spacial score (nSPS) is 13.6. The van der Waals surface area contributed by atoms with Gasteiger partial charge in [-0.25, -0.2) is 0 Å². The summed E-state index contributed by atoms with van der Waals surface area (Å²) < 4.78 is 37.8. The van der Waals surface area contributed by atoms with Gasteiger partial charge >= 0.3 is 6.18 Å². The molecule has 1 amide bonds. The van der Waals surface area contributed by atoms with Crippen molar-refractivity contribution in [2.24, 2.45) is 0 Å². The molecule has 0 aliphatic heterocycles. The number of carbonyl (C=O) groups is 1. The van der Waals surface area contributed by atoms with Crippen LogP contribution in [0.1, 0.15) is 19.4 Å². The van der Waals surface area contributed by atoms with Crippen LogP contribution in [0.2, 0.25) is 0 Å². The summed E-state index contributed by atoms with van der Waals surface area (Å²) in [5.41, 5.74) is 0.907. The Morgan fingerprint density at radius 1 is 1.55 bits per heavy atom. The van der Waals surface area contributed by atoms with Gasteiger partial charge in [0, 0.05) is 24.8 Å². The van der Waals surface area contributed by atoms with Crippen LogP contribution in [0.3, 0.4) is 0 Å². The lowest BCUT2D eigenvalue weighted by molar-refractivity contribution is -0.141. The summed E-state index contributed by atoms with van der Waals surface area (Å²) in [4.78, 5) is 13.3. The molecule has 0 saturated carbocycles. The molecule has 0 radical (unpaired) electrons. The van der Waals surface area contributed by atoms with E-state index < -0.39 is 24.7 Å². The lowest BCUT2D eigenvalue weighted by atomic mass is 10.2. The topological polar surface area (TPSA) is 50.2 Å². The Balaban J connectivity index is 2.49. The van der Waals surface area contributed by atoms with Crippen LogP contribution in [0.15, 0.2) is 12.4 Å². The zero-order valence-electron chi connectivity index (χ0n) is 11.7. The number of aromatic nitrogens is 2. The number of nitrogens with zero attached hydrogens (tertiary/aromatic N) is 3. The van der Waals surface area contributed by atoms with Crippen LogP contribution in [-0.4, -0.2) is 46.4 Å². The van der Waals surface area contributed by atoms with Gasteiger partial charge in [0.05, 0.1) is 12.2 Å². The Hall–Kier alpha value is -1.57. The molecule has 20 heavy (non-hydrogen) atoms. The third-order valence-corrected chi connectivity index (χ3v) is 2.95. The van der Waals surface area contributed by atoms with Gasteiger partial charge in [0.1, 0.15) is 6.54 Å². The van der Waals surface area contributed by atoms with Crippen LogP contribution < -0.4 is 5.32 Å². The molecule has 1 atom stereocenters. The first-order valence-corrected chi connectivity index (χ1v) is 6.29. The molecule has 0 aromatic carbocycles. The smallest absolute Gasteiger partial charge is 0.346 e. The Morgan fingerprint density at radius 3 is 2.70 bits per heavy atom. The maximum absolute atomic E-state index is 12.0. The van der Waals surface area contributed by atoms with E-state index in [2.05, 4.69) is 5.10 Å². The molecule has 1 unspecified atom stereocenters. The minimum absolute atomic E-state index is 0.445. The fraction of sp³-hybridized carbons (Fsp3) is 0.667. The van der Waals surface area contributed by atoms with Gasteiger partial charge in [-0.1, -0.05) is 0 Å². The molecule has 1 aromatic heterocycles. The molecule has 1 aromatic rings. The molecule has 0 aliphatic carbocycles. The van der Waals surface area contributed by atoms with E-state index in [1.54, 1.807) is 29.7 Å². The lowest BCUT2D eigenvalue weighted by Crippen LogP contribution is -2.45. The van der Waals surface area contributed by atoms with Crippen LogP contribution in [0.4, 0.5) is 13.2 Å². The van der Waals surface area contributed by atoms with Gasteiger partial charge in [-0.15, -0.1) is 0 Å². The monoisotopic (exact) mass is 292 g/mol. The number of hydrogen-bond acceptors (Lipinski definition) is 3. The summed E-state index contributed by atoms with van der Waals surface area (Å²) in [6.45, 7) is 3.40. The minimum Gasteiger partial charge on any atom is -0.346 e. The molecule has 0 fully saturated rings. The van der Waals surface area contributed by atoms with Crippen molar-refractivity contribution in [2.75, 3.05) is 13.6 Å². The van der Waals surface area contributed by atoms with Crippen molar-refractivity contribution in [3.05, 3.63) is 18.0 Å². The first-order valence-electron chi connectivity index (χ1n) is 6.29. The molecule has 0 spiro atoms. The van der Waals surface area contributed by atoms with Crippen molar-refractivity contribution >= 4 is 5.91 Å². The lowest BCUT2D eigenvalue weighted by Gasteiger charge is -2.23. The molecular formula is C12H19F3N4O. The van der Waals surface area contributed by atoms with Gasteiger partial charge in [-0.3, -0.25) is 14.4 Å². The van der Waals surface area contributed by atoms with Crippen molar-refractivity contribution in [3.8, 4) is 0 Å². The highest BCUT2D eigenvalue weighted by atomic mass is 19.4. The molecule has 0 saturated heterocycles. The predicted molar refractivity (Wildman–Crippen MR) is 67.9 cm³/mol. The summed E-state index contributed by atoms with van der Waals surface area (Å²) in [5.74, 6) is -0.646. The second-order valence-corrected chi connectivity index (χ2v) is 4.63. The number of alkyl halides is 3. The van der Waals surface area contributed by atoms with Gasteiger partial charge in [-0.2, -0.15) is 18.3 Å². The minimum atomic E-state index is -4.39. The summed E-state index contributed by atoms with van der Waals surface area (Å²) >= 11 is 0. The van der Waals surface area contributed by atoms with Crippen LogP contribution in [0.25, 0.3) is 0 Å². The van der Waals surface area contributed by atoms with Crippen LogP contribution in [-0.2, 0) is 17.9 Å². The van der Waals surface area contributed by atoms with Gasteiger partial charge in [0.25, 0.3) is 0 Å². The largest absolute Gasteiger partial charge is 0.405 e. The number of hydrogen-bond donors (Lipinski definition) is 1. The van der Waals surface area contributed by atoms with E-state index in [4.69, 9.17) is 0 Å². The van der Waals surface area contributed by atoms with Crippen LogP contribution in [0, 0.1) is 0 Å². The highest BCUT2D eigenvalue weighted by Crippen LogP contribution is 2.12. The highest BCUT2D eigenvalue weighted by Gasteiger charge is 2.29. The summed E-state index contributed by atoms with van der Waals surface area (Å²) in [7, 11) is 1.68. The van der Waals surface area contributed by atoms with Gasteiger partial charge in [0.15, 0.2) is 0 Å².